The Hall–Kier alpha value is -1.09. The first-order chi connectivity index (χ1) is 8.21. The van der Waals surface area contributed by atoms with Crippen molar-refractivity contribution in [1.82, 2.24) is 0 Å². The van der Waals surface area contributed by atoms with E-state index in [0.717, 1.165) is 23.3 Å². The van der Waals surface area contributed by atoms with Crippen LogP contribution in [-0.2, 0) is 6.42 Å². The van der Waals surface area contributed by atoms with E-state index in [1.54, 1.807) is 0 Å². The largest absolute Gasteiger partial charge is 0.543 e. The van der Waals surface area contributed by atoms with Gasteiger partial charge in [0, 0.05) is 12.0 Å². The van der Waals surface area contributed by atoms with E-state index >= 15 is 0 Å². The van der Waals surface area contributed by atoms with Crippen molar-refractivity contribution in [2.24, 2.45) is 0 Å². The Bertz CT molecular complexity index is 484. The van der Waals surface area contributed by atoms with Crippen LogP contribution >= 0.6 is 0 Å². The zero-order chi connectivity index (χ0) is 13.6. The van der Waals surface area contributed by atoms with E-state index in [9.17, 15) is 4.79 Å². The average molecular weight is 262 g/mol. The Morgan fingerprint density at radius 3 is 2.44 bits per heavy atom. The molecule has 18 heavy (non-hydrogen) atoms. The van der Waals surface area contributed by atoms with Gasteiger partial charge in [-0.25, -0.2) is 0 Å². The van der Waals surface area contributed by atoms with Gasteiger partial charge in [0.05, 0.1) is 0 Å². The first-order valence-corrected chi connectivity index (χ1v) is 9.47. The second kappa shape index (κ2) is 4.23. The molecule has 0 heterocycles. The molecule has 3 heteroatoms. The summed E-state index contributed by atoms with van der Waals surface area (Å²) in [6.45, 7) is 11.2. The van der Waals surface area contributed by atoms with Crippen molar-refractivity contribution in [3.63, 3.8) is 0 Å². The monoisotopic (exact) mass is 262 g/mol. The van der Waals surface area contributed by atoms with Gasteiger partial charge in [0.25, 0.3) is 0 Å². The molecule has 98 valence electrons. The molecule has 0 amide bonds. The second-order valence-electron chi connectivity index (χ2n) is 6.60. The highest BCUT2D eigenvalue weighted by Gasteiger charge is 2.39. The minimum Gasteiger partial charge on any atom is -0.543 e. The van der Waals surface area contributed by atoms with Crippen LogP contribution in [0.15, 0.2) is 18.2 Å². The van der Waals surface area contributed by atoms with Gasteiger partial charge in [0.1, 0.15) is 5.75 Å². The summed E-state index contributed by atoms with van der Waals surface area (Å²) in [7, 11) is -1.78. The van der Waals surface area contributed by atoms with E-state index in [2.05, 4.69) is 39.9 Å². The van der Waals surface area contributed by atoms with E-state index in [1.165, 1.54) is 0 Å². The smallest absolute Gasteiger partial charge is 0.250 e. The number of carbonyl (C=O) groups is 1. The van der Waals surface area contributed by atoms with Crippen molar-refractivity contribution >= 4 is 14.1 Å². The summed E-state index contributed by atoms with van der Waals surface area (Å²) in [5, 5.41) is 0.196. The Labute approximate surface area is 110 Å². The predicted molar refractivity (Wildman–Crippen MR) is 76.9 cm³/mol. The molecule has 0 bridgehead atoms. The molecule has 1 aromatic carbocycles. The molecule has 0 atom stereocenters. The normalized spacial score (nSPS) is 15.7. The number of benzene rings is 1. The lowest BCUT2D eigenvalue weighted by Gasteiger charge is -2.36. The minimum absolute atomic E-state index is 0.196. The maximum absolute atomic E-state index is 11.6. The van der Waals surface area contributed by atoms with Crippen LogP contribution in [0.1, 0.15) is 43.1 Å². The molecule has 2 rings (SSSR count). The van der Waals surface area contributed by atoms with Crippen molar-refractivity contribution in [2.45, 2.75) is 51.7 Å². The van der Waals surface area contributed by atoms with E-state index < -0.39 is 8.32 Å². The highest BCUT2D eigenvalue weighted by Crippen LogP contribution is 2.38. The maximum Gasteiger partial charge on any atom is 0.250 e. The fourth-order valence-electron chi connectivity index (χ4n) is 1.94. The molecule has 1 aromatic rings. The molecular formula is C15H22O2Si. The molecule has 0 aliphatic heterocycles. The summed E-state index contributed by atoms with van der Waals surface area (Å²) < 4.78 is 6.25. The standard InChI is InChI=1S/C15H22O2Si/c1-15(2,3)18(4,5)17-12-7-8-13-11(10-12)6-9-14(13)16/h7-8,10H,6,9H2,1-5H3. The Balaban J connectivity index is 2.24. The molecule has 0 fully saturated rings. The highest BCUT2D eigenvalue weighted by atomic mass is 28.4. The SMILES string of the molecule is CC(C)(C)[Si](C)(C)Oc1ccc2c(c1)CCC2=O. The molecule has 0 unspecified atom stereocenters. The van der Waals surface area contributed by atoms with Gasteiger partial charge in [-0.2, -0.15) is 0 Å². The molecule has 0 N–H and O–H groups in total. The van der Waals surface area contributed by atoms with Crippen LogP contribution in [0.3, 0.4) is 0 Å². The topological polar surface area (TPSA) is 26.3 Å². The van der Waals surface area contributed by atoms with Crippen molar-refractivity contribution in [3.05, 3.63) is 29.3 Å². The van der Waals surface area contributed by atoms with Crippen LogP contribution in [0.2, 0.25) is 18.1 Å². The van der Waals surface area contributed by atoms with Crippen LogP contribution in [0, 0.1) is 0 Å². The average Bonchev–Trinajstić information content (AvgIpc) is 2.58. The molecule has 0 saturated heterocycles. The number of hydrogen-bond acceptors (Lipinski definition) is 2. The van der Waals surface area contributed by atoms with Gasteiger partial charge in [0.15, 0.2) is 5.78 Å². The van der Waals surface area contributed by atoms with Gasteiger partial charge in [-0.05, 0) is 48.3 Å². The molecule has 0 aromatic heterocycles. The van der Waals surface area contributed by atoms with Gasteiger partial charge < -0.3 is 4.43 Å². The first-order valence-electron chi connectivity index (χ1n) is 6.56. The Morgan fingerprint density at radius 2 is 1.83 bits per heavy atom. The number of fused-ring (bicyclic) bond motifs is 1. The molecule has 1 aliphatic carbocycles. The van der Waals surface area contributed by atoms with Crippen molar-refractivity contribution in [3.8, 4) is 5.75 Å². The fraction of sp³-hybridized carbons (Fsp3) is 0.533. The van der Waals surface area contributed by atoms with Crippen LogP contribution in [-0.4, -0.2) is 14.1 Å². The summed E-state index contributed by atoms with van der Waals surface area (Å²) in [4.78, 5) is 11.6. The van der Waals surface area contributed by atoms with Gasteiger partial charge in [-0.1, -0.05) is 20.8 Å². The van der Waals surface area contributed by atoms with Crippen LogP contribution in [0.25, 0.3) is 0 Å². The zero-order valence-corrected chi connectivity index (χ0v) is 13.0. The third-order valence-electron chi connectivity index (χ3n) is 4.18. The Kier molecular flexibility index (Phi) is 3.14. The molecule has 2 nitrogen and oxygen atoms in total. The molecule has 0 radical (unpaired) electrons. The lowest BCUT2D eigenvalue weighted by Crippen LogP contribution is -2.43. The number of ketones is 1. The van der Waals surface area contributed by atoms with Crippen molar-refractivity contribution in [1.29, 1.82) is 0 Å². The number of carbonyl (C=O) groups excluding carboxylic acids is 1. The first kappa shape index (κ1) is 13.3. The van der Waals surface area contributed by atoms with E-state index in [-0.39, 0.29) is 10.8 Å². The third-order valence-corrected chi connectivity index (χ3v) is 8.54. The molecule has 1 aliphatic rings. The quantitative estimate of drug-likeness (QED) is 0.747. The zero-order valence-electron chi connectivity index (χ0n) is 12.0. The molecule has 0 spiro atoms. The van der Waals surface area contributed by atoms with E-state index in [1.807, 2.05) is 12.1 Å². The maximum atomic E-state index is 11.6. The summed E-state index contributed by atoms with van der Waals surface area (Å²) in [5.41, 5.74) is 2.04. The minimum atomic E-state index is -1.78. The molecular weight excluding hydrogens is 240 g/mol. The highest BCUT2D eigenvalue weighted by molar-refractivity contribution is 6.74. The number of rotatable bonds is 2. The van der Waals surface area contributed by atoms with Gasteiger partial charge in [-0.15, -0.1) is 0 Å². The summed E-state index contributed by atoms with van der Waals surface area (Å²) >= 11 is 0. The molecule has 0 saturated carbocycles. The number of hydrogen-bond donors (Lipinski definition) is 0. The predicted octanol–water partition coefficient (Wildman–Crippen LogP) is 4.20. The van der Waals surface area contributed by atoms with Gasteiger partial charge in [-0.3, -0.25) is 4.79 Å². The van der Waals surface area contributed by atoms with Crippen LogP contribution in [0.5, 0.6) is 5.75 Å². The van der Waals surface area contributed by atoms with Crippen molar-refractivity contribution in [2.75, 3.05) is 0 Å². The Morgan fingerprint density at radius 1 is 1.17 bits per heavy atom. The lowest BCUT2D eigenvalue weighted by molar-refractivity contribution is 0.0994. The summed E-state index contributed by atoms with van der Waals surface area (Å²) in [5.74, 6) is 1.19. The third kappa shape index (κ3) is 2.37. The van der Waals surface area contributed by atoms with Crippen LogP contribution < -0.4 is 4.43 Å². The van der Waals surface area contributed by atoms with Gasteiger partial charge >= 0.3 is 0 Å². The second-order valence-corrected chi connectivity index (χ2v) is 11.3. The lowest BCUT2D eigenvalue weighted by atomic mass is 10.1. The van der Waals surface area contributed by atoms with E-state index in [0.29, 0.717) is 6.42 Å². The van der Waals surface area contributed by atoms with Crippen molar-refractivity contribution < 1.29 is 9.22 Å². The summed E-state index contributed by atoms with van der Waals surface area (Å²) in [6, 6.07) is 5.93. The fourth-order valence-corrected chi connectivity index (χ4v) is 2.97. The number of Topliss-reactive ketones (excluding diaryl/α,β-unsaturated/α-hetero) is 1. The number of aryl methyl sites for hydroxylation is 1. The van der Waals surface area contributed by atoms with Crippen LogP contribution in [0.4, 0.5) is 0 Å². The van der Waals surface area contributed by atoms with E-state index in [4.69, 9.17) is 4.43 Å². The van der Waals surface area contributed by atoms with Gasteiger partial charge in [0.2, 0.25) is 8.32 Å². The summed E-state index contributed by atoms with van der Waals surface area (Å²) in [6.07, 6.45) is 1.52.